The number of halogens is 2. The molecule has 0 saturated carbocycles. The van der Waals surface area contributed by atoms with Crippen molar-refractivity contribution < 1.29 is 18.3 Å². The van der Waals surface area contributed by atoms with Crippen molar-refractivity contribution in [1.29, 1.82) is 0 Å². The molecule has 1 saturated heterocycles. The summed E-state index contributed by atoms with van der Waals surface area (Å²) in [6, 6.07) is 4.01. The number of likely N-dealkylation sites (tertiary alicyclic amines) is 1. The Morgan fingerprint density at radius 2 is 1.91 bits per heavy atom. The van der Waals surface area contributed by atoms with E-state index in [9.17, 15) is 18.3 Å². The van der Waals surface area contributed by atoms with Crippen LogP contribution in [0.4, 0.5) is 0 Å². The summed E-state index contributed by atoms with van der Waals surface area (Å²) in [4.78, 5) is 13.8. The van der Waals surface area contributed by atoms with E-state index in [4.69, 9.17) is 23.2 Å². The summed E-state index contributed by atoms with van der Waals surface area (Å²) in [5.74, 6) is -0.289. The van der Waals surface area contributed by atoms with Crippen molar-refractivity contribution in [2.75, 3.05) is 26.7 Å². The molecule has 1 aliphatic heterocycles. The van der Waals surface area contributed by atoms with Crippen molar-refractivity contribution in [2.45, 2.75) is 23.8 Å². The summed E-state index contributed by atoms with van der Waals surface area (Å²) in [6.07, 6.45) is 0.626. The summed E-state index contributed by atoms with van der Waals surface area (Å²) in [7, 11) is -2.49. The molecule has 0 unspecified atom stereocenters. The first-order valence-electron chi connectivity index (χ1n) is 7.09. The number of rotatable bonds is 4. The number of aliphatic hydroxyl groups is 1. The Labute approximate surface area is 145 Å². The van der Waals surface area contributed by atoms with Crippen LogP contribution in [0.1, 0.15) is 12.8 Å². The minimum atomic E-state index is -3.83. The Morgan fingerprint density at radius 3 is 2.48 bits per heavy atom. The van der Waals surface area contributed by atoms with Gasteiger partial charge in [0.2, 0.25) is 15.9 Å². The smallest absolute Gasteiger partial charge is 0.243 e. The summed E-state index contributed by atoms with van der Waals surface area (Å²) in [6.45, 7) is 0.597. The van der Waals surface area contributed by atoms with Crippen LogP contribution in [0.5, 0.6) is 0 Å². The SMILES string of the molecule is CN(CC(=O)N1CCC(O)CC1)S(=O)(=O)c1ccc(Cl)c(Cl)c1. The average molecular weight is 381 g/mol. The van der Waals surface area contributed by atoms with Gasteiger partial charge in [-0.15, -0.1) is 0 Å². The Morgan fingerprint density at radius 1 is 1.30 bits per heavy atom. The van der Waals surface area contributed by atoms with Gasteiger partial charge in [0.05, 0.1) is 27.6 Å². The van der Waals surface area contributed by atoms with Crippen LogP contribution in [-0.2, 0) is 14.8 Å². The highest BCUT2D eigenvalue weighted by molar-refractivity contribution is 7.89. The van der Waals surface area contributed by atoms with Gasteiger partial charge in [-0.05, 0) is 31.0 Å². The van der Waals surface area contributed by atoms with Gasteiger partial charge in [0.15, 0.2) is 0 Å². The number of carbonyl (C=O) groups excluding carboxylic acids is 1. The highest BCUT2D eigenvalue weighted by Crippen LogP contribution is 2.26. The molecule has 0 aromatic heterocycles. The lowest BCUT2D eigenvalue weighted by Gasteiger charge is -2.30. The van der Waals surface area contributed by atoms with E-state index in [0.717, 1.165) is 4.31 Å². The molecule has 128 valence electrons. The third-order valence-electron chi connectivity index (χ3n) is 3.77. The van der Waals surface area contributed by atoms with Crippen LogP contribution in [-0.4, -0.2) is 61.4 Å². The van der Waals surface area contributed by atoms with E-state index in [0.29, 0.717) is 25.9 Å². The first-order chi connectivity index (χ1) is 10.7. The van der Waals surface area contributed by atoms with Crippen LogP contribution in [0.15, 0.2) is 23.1 Å². The van der Waals surface area contributed by atoms with Gasteiger partial charge in [0.25, 0.3) is 0 Å². The molecule has 0 spiro atoms. The van der Waals surface area contributed by atoms with Crippen molar-refractivity contribution in [3.63, 3.8) is 0 Å². The number of carbonyl (C=O) groups is 1. The maximum atomic E-state index is 12.5. The monoisotopic (exact) mass is 380 g/mol. The van der Waals surface area contributed by atoms with Gasteiger partial charge in [-0.1, -0.05) is 23.2 Å². The van der Waals surface area contributed by atoms with Gasteiger partial charge in [0.1, 0.15) is 0 Å². The van der Waals surface area contributed by atoms with Crippen molar-refractivity contribution in [3.05, 3.63) is 28.2 Å². The van der Waals surface area contributed by atoms with E-state index in [1.165, 1.54) is 25.2 Å². The first kappa shape index (κ1) is 18.5. The largest absolute Gasteiger partial charge is 0.393 e. The molecule has 23 heavy (non-hydrogen) atoms. The number of hydrogen-bond acceptors (Lipinski definition) is 4. The lowest BCUT2D eigenvalue weighted by Crippen LogP contribution is -2.45. The Hall–Kier alpha value is -0.860. The van der Waals surface area contributed by atoms with Gasteiger partial charge in [0, 0.05) is 20.1 Å². The molecule has 1 heterocycles. The summed E-state index contributed by atoms with van der Waals surface area (Å²) in [5, 5.41) is 9.85. The van der Waals surface area contributed by atoms with Crippen molar-refractivity contribution in [3.8, 4) is 0 Å². The van der Waals surface area contributed by atoms with E-state index in [-0.39, 0.29) is 27.4 Å². The highest BCUT2D eigenvalue weighted by Gasteiger charge is 2.27. The Kier molecular flexibility index (Phi) is 5.91. The van der Waals surface area contributed by atoms with Gasteiger partial charge in [-0.2, -0.15) is 4.31 Å². The molecular weight excluding hydrogens is 363 g/mol. The molecule has 1 amide bonds. The standard InChI is InChI=1S/C14H18Cl2N2O4S/c1-17(9-14(20)18-6-4-10(19)5-7-18)23(21,22)11-2-3-12(15)13(16)8-11/h2-3,8,10,19H,4-7,9H2,1H3. The Balaban J connectivity index is 2.07. The third-order valence-corrected chi connectivity index (χ3v) is 6.31. The van der Waals surface area contributed by atoms with Crippen LogP contribution in [0.3, 0.4) is 0 Å². The lowest BCUT2D eigenvalue weighted by atomic mass is 10.1. The maximum absolute atomic E-state index is 12.5. The quantitative estimate of drug-likeness (QED) is 0.860. The molecule has 9 heteroatoms. The number of benzene rings is 1. The minimum Gasteiger partial charge on any atom is -0.393 e. The van der Waals surface area contributed by atoms with Crippen molar-refractivity contribution in [1.82, 2.24) is 9.21 Å². The zero-order valence-corrected chi connectivity index (χ0v) is 14.9. The summed E-state index contributed by atoms with van der Waals surface area (Å²) < 4.78 is 25.9. The molecule has 1 aliphatic rings. The van der Waals surface area contributed by atoms with Crippen LogP contribution in [0.2, 0.25) is 10.0 Å². The van der Waals surface area contributed by atoms with E-state index in [2.05, 4.69) is 0 Å². The number of amides is 1. The van der Waals surface area contributed by atoms with Gasteiger partial charge < -0.3 is 10.0 Å². The van der Waals surface area contributed by atoms with Crippen molar-refractivity contribution in [2.24, 2.45) is 0 Å². The molecule has 6 nitrogen and oxygen atoms in total. The molecule has 0 atom stereocenters. The molecule has 1 N–H and O–H groups in total. The Bertz CT molecular complexity index is 688. The minimum absolute atomic E-state index is 0.0173. The van der Waals surface area contributed by atoms with Gasteiger partial charge in [-0.3, -0.25) is 4.79 Å². The van der Waals surface area contributed by atoms with Crippen LogP contribution >= 0.6 is 23.2 Å². The molecule has 0 aliphatic carbocycles. The fraction of sp³-hybridized carbons (Fsp3) is 0.500. The number of aliphatic hydroxyl groups excluding tert-OH is 1. The van der Waals surface area contributed by atoms with Gasteiger partial charge in [-0.25, -0.2) is 8.42 Å². The number of piperidine rings is 1. The number of nitrogens with zero attached hydrogens (tertiary/aromatic N) is 2. The molecule has 0 radical (unpaired) electrons. The summed E-state index contributed by atoms with van der Waals surface area (Å²) in [5.41, 5.74) is 0. The number of likely N-dealkylation sites (N-methyl/N-ethyl adjacent to an activating group) is 1. The molecular formula is C14H18Cl2N2O4S. The second-order valence-electron chi connectivity index (χ2n) is 5.45. The first-order valence-corrected chi connectivity index (χ1v) is 9.28. The van der Waals surface area contributed by atoms with E-state index in [1.807, 2.05) is 0 Å². The predicted octanol–water partition coefficient (Wildman–Crippen LogP) is 1.60. The van der Waals surface area contributed by atoms with Crippen LogP contribution in [0, 0.1) is 0 Å². The number of sulfonamides is 1. The van der Waals surface area contributed by atoms with Crippen LogP contribution in [0.25, 0.3) is 0 Å². The maximum Gasteiger partial charge on any atom is 0.243 e. The molecule has 1 fully saturated rings. The zero-order valence-electron chi connectivity index (χ0n) is 12.6. The zero-order chi connectivity index (χ0) is 17.2. The number of hydrogen-bond donors (Lipinski definition) is 1. The second kappa shape index (κ2) is 7.36. The topological polar surface area (TPSA) is 77.9 Å². The van der Waals surface area contributed by atoms with Crippen LogP contribution < -0.4 is 0 Å². The second-order valence-corrected chi connectivity index (χ2v) is 8.31. The highest BCUT2D eigenvalue weighted by atomic mass is 35.5. The normalized spacial score (nSPS) is 16.8. The van der Waals surface area contributed by atoms with Crippen molar-refractivity contribution >= 4 is 39.1 Å². The molecule has 0 bridgehead atoms. The van der Waals surface area contributed by atoms with E-state index >= 15 is 0 Å². The third kappa shape index (κ3) is 4.36. The van der Waals surface area contributed by atoms with Gasteiger partial charge >= 0.3 is 0 Å². The molecule has 1 aromatic carbocycles. The molecule has 1 aromatic rings. The lowest BCUT2D eigenvalue weighted by molar-refractivity contribution is -0.133. The fourth-order valence-electron chi connectivity index (χ4n) is 2.31. The fourth-order valence-corrected chi connectivity index (χ4v) is 3.82. The molecule has 2 rings (SSSR count). The van der Waals surface area contributed by atoms with E-state index < -0.39 is 16.1 Å². The summed E-state index contributed by atoms with van der Waals surface area (Å²) >= 11 is 11.6. The average Bonchev–Trinajstić information content (AvgIpc) is 2.50. The van der Waals surface area contributed by atoms with E-state index in [1.54, 1.807) is 4.90 Å². The predicted molar refractivity (Wildman–Crippen MR) is 88.1 cm³/mol.